The fraction of sp³-hybridized carbons (Fsp3) is 0.0500. The molecule has 9 heteroatoms. The van der Waals surface area contributed by atoms with Gasteiger partial charge in [0.1, 0.15) is 5.76 Å². The summed E-state index contributed by atoms with van der Waals surface area (Å²) in [6, 6.07) is 15.1. The normalized spacial score (nSPS) is 10.3. The van der Waals surface area contributed by atoms with Crippen LogP contribution in [-0.2, 0) is 4.79 Å². The molecular formula is C20H15Cl2N3O3S. The smallest absolute Gasteiger partial charge is 0.293 e. The first-order chi connectivity index (χ1) is 13.8. The molecule has 0 aliphatic heterocycles. The molecule has 2 amide bonds. The maximum Gasteiger partial charge on any atom is 0.293 e. The summed E-state index contributed by atoms with van der Waals surface area (Å²) in [5.74, 6) is -0.191. The zero-order valence-corrected chi connectivity index (χ0v) is 17.4. The highest BCUT2D eigenvalue weighted by Gasteiger charge is 2.16. The molecule has 6 nitrogen and oxygen atoms in total. The zero-order valence-electron chi connectivity index (χ0n) is 15.1. The average molecular weight is 448 g/mol. The van der Waals surface area contributed by atoms with Crippen molar-refractivity contribution in [1.29, 1.82) is 0 Å². The molecule has 0 aliphatic rings. The molecule has 0 aliphatic carbocycles. The van der Waals surface area contributed by atoms with Crippen LogP contribution in [0.1, 0.15) is 17.5 Å². The molecule has 3 aromatic rings. The number of hydrogen-bond acceptors (Lipinski definition) is 4. The van der Waals surface area contributed by atoms with Crippen molar-refractivity contribution >= 4 is 63.7 Å². The fourth-order valence-corrected chi connectivity index (χ4v) is 3.07. The molecule has 0 bridgehead atoms. The predicted octanol–water partition coefficient (Wildman–Crippen LogP) is 5.34. The molecular weight excluding hydrogens is 433 g/mol. The van der Waals surface area contributed by atoms with E-state index in [4.69, 9.17) is 39.8 Å². The van der Waals surface area contributed by atoms with Gasteiger partial charge in [0.25, 0.3) is 5.91 Å². The van der Waals surface area contributed by atoms with E-state index >= 15 is 0 Å². The summed E-state index contributed by atoms with van der Waals surface area (Å²) in [6.07, 6.45) is 0. The van der Waals surface area contributed by atoms with Crippen molar-refractivity contribution in [1.82, 2.24) is 5.32 Å². The van der Waals surface area contributed by atoms with Gasteiger partial charge in [0.2, 0.25) is 5.91 Å². The van der Waals surface area contributed by atoms with E-state index in [0.29, 0.717) is 32.7 Å². The lowest BCUT2D eigenvalue weighted by Crippen LogP contribution is -2.33. The highest BCUT2D eigenvalue weighted by molar-refractivity contribution is 7.80. The molecule has 1 aromatic heterocycles. The van der Waals surface area contributed by atoms with Crippen LogP contribution in [0.15, 0.2) is 59.0 Å². The van der Waals surface area contributed by atoms with Crippen LogP contribution in [0.3, 0.4) is 0 Å². The lowest BCUT2D eigenvalue weighted by atomic mass is 10.2. The predicted molar refractivity (Wildman–Crippen MR) is 119 cm³/mol. The lowest BCUT2D eigenvalue weighted by molar-refractivity contribution is -0.114. The second kappa shape index (κ2) is 9.09. The summed E-state index contributed by atoms with van der Waals surface area (Å²) in [6.45, 7) is 1.43. The minimum atomic E-state index is -0.512. The average Bonchev–Trinajstić information content (AvgIpc) is 3.15. The number of furan rings is 1. The minimum absolute atomic E-state index is 0.0706. The Morgan fingerprint density at radius 3 is 2.24 bits per heavy atom. The number of rotatable bonds is 4. The Morgan fingerprint density at radius 2 is 1.59 bits per heavy atom. The highest BCUT2D eigenvalue weighted by Crippen LogP contribution is 2.34. The van der Waals surface area contributed by atoms with Crippen molar-refractivity contribution in [3.63, 3.8) is 0 Å². The van der Waals surface area contributed by atoms with Crippen LogP contribution in [0.5, 0.6) is 0 Å². The number of carbonyl (C=O) groups is 2. The number of hydrogen-bond donors (Lipinski definition) is 3. The molecule has 0 spiro atoms. The number of nitrogens with one attached hydrogen (secondary N) is 3. The van der Waals surface area contributed by atoms with E-state index in [2.05, 4.69) is 16.0 Å². The standard InChI is InChI=1S/C20H15Cl2N3O3S/c1-11(26)23-12-5-7-13(8-6-12)24-20(29)25-19(27)17-10-9-16(28-17)14-3-2-4-15(21)18(14)22/h2-10H,1H3,(H,23,26)(H2,24,25,27,29). The Morgan fingerprint density at radius 1 is 0.931 bits per heavy atom. The largest absolute Gasteiger partial charge is 0.451 e. The summed E-state index contributed by atoms with van der Waals surface area (Å²) < 4.78 is 5.59. The van der Waals surface area contributed by atoms with Crippen molar-refractivity contribution in [2.24, 2.45) is 0 Å². The van der Waals surface area contributed by atoms with E-state index in [1.54, 1.807) is 48.5 Å². The Balaban J connectivity index is 1.63. The van der Waals surface area contributed by atoms with Gasteiger partial charge in [-0.2, -0.15) is 0 Å². The van der Waals surface area contributed by atoms with Crippen LogP contribution in [0.4, 0.5) is 11.4 Å². The van der Waals surface area contributed by atoms with E-state index < -0.39 is 5.91 Å². The Labute approximate surface area is 182 Å². The molecule has 3 N–H and O–H groups in total. The Hall–Kier alpha value is -2.87. The summed E-state index contributed by atoms with van der Waals surface area (Å²) in [5.41, 5.74) is 1.88. The molecule has 29 heavy (non-hydrogen) atoms. The van der Waals surface area contributed by atoms with E-state index in [-0.39, 0.29) is 16.8 Å². The third kappa shape index (κ3) is 5.35. The van der Waals surface area contributed by atoms with Gasteiger partial charge in [-0.15, -0.1) is 0 Å². The topological polar surface area (TPSA) is 83.4 Å². The molecule has 148 valence electrons. The van der Waals surface area contributed by atoms with Gasteiger partial charge in [-0.1, -0.05) is 29.3 Å². The monoisotopic (exact) mass is 447 g/mol. The Kier molecular flexibility index (Phi) is 6.53. The lowest BCUT2D eigenvalue weighted by Gasteiger charge is -2.09. The third-order valence-electron chi connectivity index (χ3n) is 3.74. The molecule has 0 saturated carbocycles. The van der Waals surface area contributed by atoms with Crippen molar-refractivity contribution in [2.45, 2.75) is 6.92 Å². The van der Waals surface area contributed by atoms with Crippen molar-refractivity contribution < 1.29 is 14.0 Å². The number of benzene rings is 2. The van der Waals surface area contributed by atoms with Crippen LogP contribution in [0, 0.1) is 0 Å². The van der Waals surface area contributed by atoms with Crippen LogP contribution in [0.25, 0.3) is 11.3 Å². The second-order valence-electron chi connectivity index (χ2n) is 5.93. The SMILES string of the molecule is CC(=O)Nc1ccc(NC(=S)NC(=O)c2ccc(-c3cccc(Cl)c3Cl)o2)cc1. The molecule has 0 saturated heterocycles. The van der Waals surface area contributed by atoms with Gasteiger partial charge in [-0.25, -0.2) is 0 Å². The van der Waals surface area contributed by atoms with Crippen LogP contribution >= 0.6 is 35.4 Å². The molecule has 0 radical (unpaired) electrons. The number of amides is 2. The van der Waals surface area contributed by atoms with Crippen LogP contribution < -0.4 is 16.0 Å². The highest BCUT2D eigenvalue weighted by atomic mass is 35.5. The van der Waals surface area contributed by atoms with Gasteiger partial charge in [0.05, 0.1) is 10.0 Å². The van der Waals surface area contributed by atoms with Gasteiger partial charge in [0, 0.05) is 23.9 Å². The fourth-order valence-electron chi connectivity index (χ4n) is 2.47. The third-order valence-corrected chi connectivity index (χ3v) is 4.76. The van der Waals surface area contributed by atoms with Crippen molar-refractivity contribution in [2.75, 3.05) is 10.6 Å². The maximum absolute atomic E-state index is 12.4. The summed E-state index contributed by atoms with van der Waals surface area (Å²) in [7, 11) is 0. The van der Waals surface area contributed by atoms with Crippen LogP contribution in [0.2, 0.25) is 10.0 Å². The van der Waals surface area contributed by atoms with E-state index in [0.717, 1.165) is 0 Å². The summed E-state index contributed by atoms with van der Waals surface area (Å²) in [4.78, 5) is 23.4. The summed E-state index contributed by atoms with van der Waals surface area (Å²) >= 11 is 17.4. The molecule has 3 rings (SSSR count). The number of thiocarbonyl (C=S) groups is 1. The Bertz CT molecular complexity index is 1080. The first-order valence-electron chi connectivity index (χ1n) is 8.37. The number of anilines is 2. The van der Waals surface area contributed by atoms with Crippen LogP contribution in [-0.4, -0.2) is 16.9 Å². The minimum Gasteiger partial charge on any atom is -0.451 e. The molecule has 2 aromatic carbocycles. The first-order valence-corrected chi connectivity index (χ1v) is 9.54. The van der Waals surface area contributed by atoms with Gasteiger partial charge < -0.3 is 15.1 Å². The molecule has 0 fully saturated rings. The number of halogens is 2. The van der Waals surface area contributed by atoms with Gasteiger partial charge in [0.15, 0.2) is 10.9 Å². The van der Waals surface area contributed by atoms with Crippen molar-refractivity contribution in [3.8, 4) is 11.3 Å². The van der Waals surface area contributed by atoms with E-state index in [1.165, 1.54) is 13.0 Å². The van der Waals surface area contributed by atoms with Crippen molar-refractivity contribution in [3.05, 3.63) is 70.4 Å². The second-order valence-corrected chi connectivity index (χ2v) is 7.13. The molecule has 1 heterocycles. The van der Waals surface area contributed by atoms with E-state index in [9.17, 15) is 9.59 Å². The number of carbonyl (C=O) groups excluding carboxylic acids is 2. The maximum atomic E-state index is 12.4. The van der Waals surface area contributed by atoms with E-state index in [1.807, 2.05) is 0 Å². The quantitative estimate of drug-likeness (QED) is 0.470. The first kappa shape index (κ1) is 20.9. The zero-order chi connectivity index (χ0) is 21.0. The summed E-state index contributed by atoms with van der Waals surface area (Å²) in [5, 5.41) is 8.92. The van der Waals surface area contributed by atoms with Gasteiger partial charge >= 0.3 is 0 Å². The molecule has 0 unspecified atom stereocenters. The van der Waals surface area contributed by atoms with Gasteiger partial charge in [-0.3, -0.25) is 14.9 Å². The van der Waals surface area contributed by atoms with Gasteiger partial charge in [-0.05, 0) is 60.7 Å². The molecule has 0 atom stereocenters.